The first-order chi connectivity index (χ1) is 4.29. The Kier molecular flexibility index (Phi) is 2.12. The molecular weight excluding hydrogens is 110 g/mol. The van der Waals surface area contributed by atoms with E-state index in [1.165, 1.54) is 19.3 Å². The van der Waals surface area contributed by atoms with Gasteiger partial charge in [0.1, 0.15) is 0 Å². The number of nitrogens with two attached hydrogens (primary N) is 1. The summed E-state index contributed by atoms with van der Waals surface area (Å²) in [6, 6.07) is 0.528. The molecule has 0 aliphatic heterocycles. The lowest BCUT2D eigenvalue weighted by molar-refractivity contribution is 0.136. The van der Waals surface area contributed by atoms with E-state index in [0.717, 1.165) is 11.8 Å². The first-order valence-corrected chi connectivity index (χ1v) is 4.05. The fourth-order valence-corrected chi connectivity index (χ4v) is 1.77. The van der Waals surface area contributed by atoms with Gasteiger partial charge in [0.25, 0.3) is 0 Å². The molecule has 1 aliphatic rings. The van der Waals surface area contributed by atoms with Crippen LogP contribution in [0.4, 0.5) is 0 Å². The van der Waals surface area contributed by atoms with E-state index in [4.69, 9.17) is 5.73 Å². The molecule has 1 aliphatic carbocycles. The van der Waals surface area contributed by atoms with Crippen molar-refractivity contribution in [2.75, 3.05) is 0 Å². The van der Waals surface area contributed by atoms with E-state index in [-0.39, 0.29) is 0 Å². The first kappa shape index (κ1) is 7.07. The Morgan fingerprint density at radius 3 is 1.89 bits per heavy atom. The van der Waals surface area contributed by atoms with Gasteiger partial charge in [-0.1, -0.05) is 26.7 Å². The van der Waals surface area contributed by atoms with E-state index in [1.807, 2.05) is 0 Å². The van der Waals surface area contributed by atoms with Gasteiger partial charge in [-0.3, -0.25) is 0 Å². The monoisotopic (exact) mass is 127 g/mol. The number of hydrogen-bond donors (Lipinski definition) is 1. The molecule has 0 heterocycles. The summed E-state index contributed by atoms with van der Waals surface area (Å²) in [7, 11) is 0. The molecule has 2 N–H and O–H groups in total. The molecule has 0 saturated heterocycles. The fourth-order valence-electron chi connectivity index (χ4n) is 1.77. The van der Waals surface area contributed by atoms with Crippen molar-refractivity contribution in [3.05, 3.63) is 0 Å². The lowest BCUT2D eigenvalue weighted by Gasteiger charge is -2.41. The highest BCUT2D eigenvalue weighted by Crippen LogP contribution is 2.36. The molecule has 0 aromatic rings. The molecule has 0 bridgehead atoms. The van der Waals surface area contributed by atoms with Crippen molar-refractivity contribution < 1.29 is 0 Å². The summed E-state index contributed by atoms with van der Waals surface area (Å²) in [5, 5.41) is 0. The van der Waals surface area contributed by atoms with Gasteiger partial charge in [0, 0.05) is 6.04 Å². The van der Waals surface area contributed by atoms with Gasteiger partial charge >= 0.3 is 0 Å². The predicted molar refractivity (Wildman–Crippen MR) is 40.2 cm³/mol. The number of rotatable bonds is 2. The molecular formula is C8H17N. The Hall–Kier alpha value is -0.0400. The predicted octanol–water partition coefficient (Wildman–Crippen LogP) is 1.77. The van der Waals surface area contributed by atoms with E-state index in [9.17, 15) is 0 Å². The minimum Gasteiger partial charge on any atom is -0.327 e. The molecule has 1 saturated carbocycles. The zero-order valence-corrected chi connectivity index (χ0v) is 6.43. The minimum absolute atomic E-state index is 0.528. The fraction of sp³-hybridized carbons (Fsp3) is 1.00. The molecule has 54 valence electrons. The minimum atomic E-state index is 0.528. The zero-order chi connectivity index (χ0) is 6.85. The van der Waals surface area contributed by atoms with Crippen LogP contribution in [-0.4, -0.2) is 6.04 Å². The average molecular weight is 127 g/mol. The van der Waals surface area contributed by atoms with Crippen molar-refractivity contribution in [1.29, 1.82) is 0 Å². The van der Waals surface area contributed by atoms with Gasteiger partial charge in [0.2, 0.25) is 0 Å². The molecule has 1 heteroatoms. The highest BCUT2D eigenvalue weighted by atomic mass is 14.7. The third kappa shape index (κ3) is 1.11. The quantitative estimate of drug-likeness (QED) is 0.601. The van der Waals surface area contributed by atoms with Crippen LogP contribution in [0.15, 0.2) is 0 Å². The Morgan fingerprint density at radius 1 is 1.22 bits per heavy atom. The normalized spacial score (nSPS) is 42.3. The van der Waals surface area contributed by atoms with E-state index in [1.54, 1.807) is 0 Å². The summed E-state index contributed by atoms with van der Waals surface area (Å²) in [6.45, 7) is 4.47. The van der Waals surface area contributed by atoms with Gasteiger partial charge in [0.15, 0.2) is 0 Å². The van der Waals surface area contributed by atoms with Crippen molar-refractivity contribution in [3.63, 3.8) is 0 Å². The molecule has 1 fully saturated rings. The van der Waals surface area contributed by atoms with Gasteiger partial charge < -0.3 is 5.73 Å². The van der Waals surface area contributed by atoms with Crippen LogP contribution < -0.4 is 5.73 Å². The van der Waals surface area contributed by atoms with Gasteiger partial charge in [-0.2, -0.15) is 0 Å². The second-order valence-electron chi connectivity index (χ2n) is 3.15. The van der Waals surface area contributed by atoms with Gasteiger partial charge in [0.05, 0.1) is 0 Å². The third-order valence-electron chi connectivity index (χ3n) is 2.74. The van der Waals surface area contributed by atoms with Gasteiger partial charge in [-0.15, -0.1) is 0 Å². The third-order valence-corrected chi connectivity index (χ3v) is 2.74. The molecule has 0 aromatic carbocycles. The summed E-state index contributed by atoms with van der Waals surface area (Å²) in [5.41, 5.74) is 5.89. The molecule has 2 atom stereocenters. The summed E-state index contributed by atoms with van der Waals surface area (Å²) in [6.07, 6.45) is 3.93. The van der Waals surface area contributed by atoms with E-state index >= 15 is 0 Å². The molecule has 9 heavy (non-hydrogen) atoms. The summed E-state index contributed by atoms with van der Waals surface area (Å²) >= 11 is 0. The lowest BCUT2D eigenvalue weighted by Crippen LogP contribution is -2.47. The maximum Gasteiger partial charge on any atom is 0.00956 e. The molecule has 0 amide bonds. The van der Waals surface area contributed by atoms with Gasteiger partial charge in [-0.05, 0) is 18.3 Å². The van der Waals surface area contributed by atoms with Crippen LogP contribution in [0.1, 0.15) is 33.1 Å². The van der Waals surface area contributed by atoms with Crippen molar-refractivity contribution in [2.24, 2.45) is 17.6 Å². The zero-order valence-electron chi connectivity index (χ0n) is 6.43. The average Bonchev–Trinajstić information content (AvgIpc) is 1.87. The second-order valence-corrected chi connectivity index (χ2v) is 3.15. The van der Waals surface area contributed by atoms with Crippen LogP contribution in [0.3, 0.4) is 0 Å². The van der Waals surface area contributed by atoms with E-state index < -0.39 is 0 Å². The van der Waals surface area contributed by atoms with Crippen LogP contribution in [0.25, 0.3) is 0 Å². The van der Waals surface area contributed by atoms with Crippen LogP contribution in [0.2, 0.25) is 0 Å². The number of hydrogen-bond acceptors (Lipinski definition) is 1. The Labute approximate surface area is 57.6 Å². The van der Waals surface area contributed by atoms with Crippen molar-refractivity contribution in [1.82, 2.24) is 0 Å². The highest BCUT2D eigenvalue weighted by Gasteiger charge is 2.34. The van der Waals surface area contributed by atoms with E-state index in [2.05, 4.69) is 13.8 Å². The highest BCUT2D eigenvalue weighted by molar-refractivity contribution is 4.90. The molecule has 1 rings (SSSR count). The van der Waals surface area contributed by atoms with Crippen molar-refractivity contribution >= 4 is 0 Å². The summed E-state index contributed by atoms with van der Waals surface area (Å²) in [5.74, 6) is 1.69. The van der Waals surface area contributed by atoms with E-state index in [0.29, 0.717) is 6.04 Å². The molecule has 0 aromatic heterocycles. The molecule has 1 nitrogen and oxygen atoms in total. The topological polar surface area (TPSA) is 26.0 Å². The SMILES string of the molecule is CCC1CC(CC)C1N. The molecule has 0 radical (unpaired) electrons. The van der Waals surface area contributed by atoms with Crippen LogP contribution in [0.5, 0.6) is 0 Å². The smallest absolute Gasteiger partial charge is 0.00956 e. The summed E-state index contributed by atoms with van der Waals surface area (Å²) in [4.78, 5) is 0. The first-order valence-electron chi connectivity index (χ1n) is 4.05. The van der Waals surface area contributed by atoms with Gasteiger partial charge in [-0.25, -0.2) is 0 Å². The lowest BCUT2D eigenvalue weighted by atomic mass is 9.68. The maximum atomic E-state index is 5.89. The van der Waals surface area contributed by atoms with Crippen LogP contribution >= 0.6 is 0 Å². The van der Waals surface area contributed by atoms with Crippen LogP contribution in [0, 0.1) is 11.8 Å². The Balaban J connectivity index is 2.24. The largest absolute Gasteiger partial charge is 0.327 e. The Morgan fingerprint density at radius 2 is 1.67 bits per heavy atom. The second kappa shape index (κ2) is 2.70. The maximum absolute atomic E-state index is 5.89. The van der Waals surface area contributed by atoms with Crippen LogP contribution in [-0.2, 0) is 0 Å². The van der Waals surface area contributed by atoms with Crippen molar-refractivity contribution in [2.45, 2.75) is 39.2 Å². The molecule has 2 unspecified atom stereocenters. The van der Waals surface area contributed by atoms with Crippen molar-refractivity contribution in [3.8, 4) is 0 Å². The standard InChI is InChI=1S/C8H17N/c1-3-6-5-7(4-2)8(6)9/h6-8H,3-5,9H2,1-2H3. The molecule has 0 spiro atoms. The Bertz CT molecular complexity index is 80.6. The summed E-state index contributed by atoms with van der Waals surface area (Å²) < 4.78 is 0.